The number of benzene rings is 2. The highest BCUT2D eigenvalue weighted by Crippen LogP contribution is 2.44. The number of β-amino-alcohol motifs (C(OH)–C–C–N with tert-alkyl or cyclic N) is 1. The minimum Gasteiger partial charge on any atom is -0.497 e. The number of likely N-dealkylation sites (N-methyl/N-ethyl adjacent to an activating group) is 1. The first-order chi connectivity index (χ1) is 35.2. The highest BCUT2D eigenvalue weighted by Gasteiger charge is 2.59. The fourth-order valence-corrected chi connectivity index (χ4v) is 13.0. The van der Waals surface area contributed by atoms with Crippen LogP contribution in [0, 0.1) is 17.8 Å². The summed E-state index contributed by atoms with van der Waals surface area (Å²) in [4.78, 5) is 17.0. The zero-order valence-corrected chi connectivity index (χ0v) is 47.5. The van der Waals surface area contributed by atoms with E-state index in [0.717, 1.165) is 32.4 Å². The van der Waals surface area contributed by atoms with Crippen molar-refractivity contribution in [3.63, 3.8) is 0 Å². The smallest absolute Gasteiger partial charge is 0.311 e. The first kappa shape index (κ1) is 61.0. The zero-order chi connectivity index (χ0) is 55.3. The van der Waals surface area contributed by atoms with Gasteiger partial charge in [0, 0.05) is 44.8 Å². The second-order valence-corrected chi connectivity index (χ2v) is 24.4. The Morgan fingerprint density at radius 2 is 1.51 bits per heavy atom. The van der Waals surface area contributed by atoms with E-state index in [9.17, 15) is 33.6 Å². The minimum atomic E-state index is -4.24. The molecule has 0 amide bonds. The molecule has 0 aromatic heterocycles. The van der Waals surface area contributed by atoms with Gasteiger partial charge in [0.1, 0.15) is 40.5 Å². The second-order valence-electron chi connectivity index (χ2n) is 22.6. The number of para-hydroxylation sites is 1. The SMILES string of the molecule is CCC1OC(=O)C(C)C(O[C@H]2C[C@@](C)(OC)[C@](O)(CN3CCCCC3)[C@H](C)O2)C(C)C(O[C@H]2O[C@@H](C)C[C@@H](N(C)S(=O)(=O)Nc3ccccc3)[C@@H]2Oc2ccc(OC)cc2)C(C)(O)CC(C)CNC(C)C(O)C1(C)O. The Hall–Kier alpha value is -3.22. The summed E-state index contributed by atoms with van der Waals surface area (Å²) in [6, 6.07) is 13.8. The molecule has 4 saturated heterocycles. The first-order valence-electron chi connectivity index (χ1n) is 27.0. The maximum absolute atomic E-state index is 14.8. The van der Waals surface area contributed by atoms with Crippen molar-refractivity contribution in [3.8, 4) is 11.5 Å². The van der Waals surface area contributed by atoms with Gasteiger partial charge in [-0.1, -0.05) is 45.4 Å². The maximum atomic E-state index is 14.8. The molecule has 0 spiro atoms. The van der Waals surface area contributed by atoms with Gasteiger partial charge >= 0.3 is 16.2 Å². The molecule has 10 unspecified atom stereocenters. The molecule has 19 nitrogen and oxygen atoms in total. The number of piperidine rings is 1. The lowest BCUT2D eigenvalue weighted by Gasteiger charge is -2.55. The molecular weight excluding hydrogens is 989 g/mol. The fraction of sp³-hybridized carbons (Fsp3) is 0.764. The summed E-state index contributed by atoms with van der Waals surface area (Å²) in [6.45, 7) is 19.7. The van der Waals surface area contributed by atoms with E-state index in [1.54, 1.807) is 110 Å². The monoisotopic (exact) mass is 1080 g/mol. The van der Waals surface area contributed by atoms with Gasteiger partial charge in [-0.2, -0.15) is 12.7 Å². The number of rotatable bonds is 15. The van der Waals surface area contributed by atoms with Crippen molar-refractivity contribution in [1.82, 2.24) is 14.5 Å². The number of aliphatic hydroxyl groups excluding tert-OH is 1. The Morgan fingerprint density at radius 3 is 2.12 bits per heavy atom. The number of nitrogens with zero attached hydrogens (tertiary/aromatic N) is 2. The van der Waals surface area contributed by atoms with E-state index in [2.05, 4.69) is 14.9 Å². The van der Waals surface area contributed by atoms with Gasteiger partial charge < -0.3 is 68.5 Å². The molecule has 6 N–H and O–H groups in total. The number of anilines is 1. The van der Waals surface area contributed by atoms with Gasteiger partial charge in [-0.15, -0.1) is 0 Å². The molecule has 0 saturated carbocycles. The number of cyclic esters (lactones) is 1. The molecule has 4 heterocycles. The number of hydrogen-bond acceptors (Lipinski definition) is 17. The summed E-state index contributed by atoms with van der Waals surface area (Å²) >= 11 is 0. The highest BCUT2D eigenvalue weighted by molar-refractivity contribution is 7.90. The molecule has 20 heteroatoms. The summed E-state index contributed by atoms with van der Waals surface area (Å²) in [7, 11) is 0.327. The standard InChI is InChI=1S/C55H90N4O15S/c1-14-44-54(10,63)48(60)38(6)56-32-34(2)30-52(8,62)49(36(4)46(37(5)50(61)72-44)73-45-31-53(9,68-13)55(64,39(7)70-45)33-59-27-19-16-20-28-59)74-51-47(71-42-25-23-41(67-12)24-26-42)43(29-35(3)69-51)58(11)75(65,66)57-40-21-17-15-18-22-40/h15,17-18,21-26,34-39,43-49,51,56-57,60,62-64H,14,16,19-20,27-33H2,1-13H3/t34?,35-,36?,37?,38?,39-,43+,44?,45-,46?,47-,48?,49?,51+,52?,53+,54?,55-/m0/s1. The summed E-state index contributed by atoms with van der Waals surface area (Å²) in [6.07, 6.45) is -6.31. The number of hydrogen-bond donors (Lipinski definition) is 6. The molecule has 6 rings (SSSR count). The Labute approximate surface area is 446 Å². The van der Waals surface area contributed by atoms with Gasteiger partial charge in [0.05, 0.1) is 49.1 Å². The minimum absolute atomic E-state index is 0.0463. The largest absolute Gasteiger partial charge is 0.497 e. The third kappa shape index (κ3) is 14.2. The lowest BCUT2D eigenvalue weighted by molar-refractivity contribution is -0.338. The van der Waals surface area contributed by atoms with Crippen molar-refractivity contribution in [2.45, 2.75) is 204 Å². The first-order valence-corrected chi connectivity index (χ1v) is 28.4. The molecule has 426 valence electrons. The lowest BCUT2D eigenvalue weighted by atomic mass is 9.74. The predicted molar refractivity (Wildman–Crippen MR) is 283 cm³/mol. The van der Waals surface area contributed by atoms with Crippen LogP contribution < -0.4 is 19.5 Å². The van der Waals surface area contributed by atoms with Gasteiger partial charge in [0.15, 0.2) is 18.7 Å². The number of esters is 1. The highest BCUT2D eigenvalue weighted by atomic mass is 32.2. The van der Waals surface area contributed by atoms with Crippen molar-refractivity contribution in [3.05, 3.63) is 54.6 Å². The summed E-state index contributed by atoms with van der Waals surface area (Å²) in [5.41, 5.74) is -5.94. The summed E-state index contributed by atoms with van der Waals surface area (Å²) in [5.74, 6) is -2.18. The van der Waals surface area contributed by atoms with E-state index in [1.807, 2.05) is 20.8 Å². The van der Waals surface area contributed by atoms with E-state index in [-0.39, 0.29) is 31.6 Å². The molecule has 75 heavy (non-hydrogen) atoms. The van der Waals surface area contributed by atoms with Gasteiger partial charge in [-0.25, -0.2) is 0 Å². The van der Waals surface area contributed by atoms with Crippen molar-refractivity contribution in [2.24, 2.45) is 17.8 Å². The van der Waals surface area contributed by atoms with Crippen LogP contribution >= 0.6 is 0 Å². The van der Waals surface area contributed by atoms with E-state index in [0.29, 0.717) is 30.3 Å². The summed E-state index contributed by atoms with van der Waals surface area (Å²) in [5, 5.41) is 52.6. The van der Waals surface area contributed by atoms with Crippen LogP contribution in [0.2, 0.25) is 0 Å². The van der Waals surface area contributed by atoms with Gasteiger partial charge in [-0.05, 0) is 143 Å². The van der Waals surface area contributed by atoms with Crippen LogP contribution in [0.25, 0.3) is 0 Å². The Kier molecular flexibility index (Phi) is 20.6. The molecule has 0 radical (unpaired) electrons. The number of methoxy groups -OCH3 is 2. The average molecular weight is 1080 g/mol. The van der Waals surface area contributed by atoms with Crippen molar-refractivity contribution >= 4 is 21.9 Å². The molecule has 18 atom stereocenters. The molecular formula is C55H90N4O15S. The van der Waals surface area contributed by atoms with E-state index >= 15 is 0 Å². The van der Waals surface area contributed by atoms with Crippen molar-refractivity contribution in [2.75, 3.05) is 52.2 Å². The number of aliphatic hydroxyl groups is 4. The molecule has 4 fully saturated rings. The molecule has 2 aromatic carbocycles. The van der Waals surface area contributed by atoms with Crippen LogP contribution in [0.5, 0.6) is 11.5 Å². The van der Waals surface area contributed by atoms with Crippen molar-refractivity contribution in [1.29, 1.82) is 0 Å². The van der Waals surface area contributed by atoms with Crippen LogP contribution in [-0.2, 0) is 43.4 Å². The topological polar surface area (TPSA) is 237 Å². The zero-order valence-electron chi connectivity index (χ0n) is 46.6. The molecule has 4 aliphatic rings. The number of ether oxygens (including phenoxy) is 8. The average Bonchev–Trinajstić information content (AvgIpc) is 3.37. The molecule has 0 bridgehead atoms. The summed E-state index contributed by atoms with van der Waals surface area (Å²) < 4.78 is 84.7. The number of carbonyl (C=O) groups excluding carboxylic acids is 1. The van der Waals surface area contributed by atoms with E-state index in [4.69, 9.17) is 37.9 Å². The third-order valence-corrected chi connectivity index (χ3v) is 18.1. The lowest BCUT2D eigenvalue weighted by Crippen LogP contribution is -2.70. The third-order valence-electron chi connectivity index (χ3n) is 16.6. The van der Waals surface area contributed by atoms with E-state index < -0.39 is 118 Å². The van der Waals surface area contributed by atoms with Crippen LogP contribution in [0.15, 0.2) is 54.6 Å². The van der Waals surface area contributed by atoms with Crippen LogP contribution in [-0.4, -0.2) is 181 Å². The van der Waals surface area contributed by atoms with Gasteiger partial charge in [0.2, 0.25) is 0 Å². The van der Waals surface area contributed by atoms with E-state index in [1.165, 1.54) is 18.3 Å². The normalized spacial score (nSPS) is 40.2. The maximum Gasteiger partial charge on any atom is 0.311 e. The second kappa shape index (κ2) is 25.3. The van der Waals surface area contributed by atoms with Gasteiger partial charge in [-0.3, -0.25) is 9.52 Å². The number of carbonyl (C=O) groups is 1. The Bertz CT molecular complexity index is 2220. The predicted octanol–water partition coefficient (Wildman–Crippen LogP) is 5.24. The van der Waals surface area contributed by atoms with Crippen LogP contribution in [0.4, 0.5) is 5.69 Å². The molecule has 4 aliphatic heterocycles. The quantitative estimate of drug-likeness (QED) is 0.125. The number of nitrogens with one attached hydrogen (secondary N) is 2. The van der Waals surface area contributed by atoms with Crippen molar-refractivity contribution < 1.29 is 71.5 Å². The number of likely N-dealkylation sites (tertiary alicyclic amines) is 1. The van der Waals surface area contributed by atoms with Crippen LogP contribution in [0.3, 0.4) is 0 Å². The Balaban J connectivity index is 1.45. The molecule has 0 aliphatic carbocycles. The fourth-order valence-electron chi connectivity index (χ4n) is 11.9. The van der Waals surface area contributed by atoms with Gasteiger partial charge in [0.25, 0.3) is 0 Å². The van der Waals surface area contributed by atoms with Crippen LogP contribution in [0.1, 0.15) is 114 Å². The molecule has 2 aromatic rings. The Morgan fingerprint density at radius 1 is 0.867 bits per heavy atom.